The van der Waals surface area contributed by atoms with Crippen molar-refractivity contribution in [2.75, 3.05) is 7.11 Å². The number of hydrogen-bond donors (Lipinski definition) is 1. The molecule has 0 aliphatic rings. The minimum Gasteiger partial charge on any atom is -0.481 e. The molecule has 0 aliphatic heterocycles. The molecule has 102 valence electrons. The van der Waals surface area contributed by atoms with Crippen LogP contribution in [0.4, 0.5) is 0 Å². The van der Waals surface area contributed by atoms with Crippen LogP contribution in [-0.2, 0) is 20.1 Å². The Morgan fingerprint density at radius 1 is 1.42 bits per heavy atom. The Balaban J connectivity index is 2.00. The van der Waals surface area contributed by atoms with Gasteiger partial charge in [-0.1, -0.05) is 17.7 Å². The number of hydrogen-bond acceptors (Lipinski definition) is 4. The van der Waals surface area contributed by atoms with Gasteiger partial charge in [-0.25, -0.2) is 4.98 Å². The molecule has 0 unspecified atom stereocenters. The molecular weight excluding hydrogens is 264 g/mol. The molecule has 0 aliphatic carbocycles. The van der Waals surface area contributed by atoms with E-state index in [0.717, 1.165) is 17.0 Å². The first-order valence-corrected chi connectivity index (χ1v) is 6.38. The molecule has 0 saturated carbocycles. The molecule has 2 aromatic rings. The maximum atomic E-state index is 6.19. The summed E-state index contributed by atoms with van der Waals surface area (Å²) >= 11 is 6.19. The molecule has 19 heavy (non-hydrogen) atoms. The molecule has 6 heteroatoms. The number of methoxy groups -OCH3 is 1. The Labute approximate surface area is 117 Å². The predicted octanol–water partition coefficient (Wildman–Crippen LogP) is 2.08. The lowest BCUT2D eigenvalue weighted by Gasteiger charge is -2.08. The fourth-order valence-corrected chi connectivity index (χ4v) is 2.16. The topological polar surface area (TPSA) is 52.0 Å². The van der Waals surface area contributed by atoms with E-state index in [-0.39, 0.29) is 0 Å². The van der Waals surface area contributed by atoms with E-state index in [1.54, 1.807) is 18.0 Å². The van der Waals surface area contributed by atoms with Crippen LogP contribution in [0.1, 0.15) is 17.0 Å². The highest BCUT2D eigenvalue weighted by atomic mass is 35.5. The van der Waals surface area contributed by atoms with Gasteiger partial charge in [-0.05, 0) is 13.0 Å². The Bertz CT molecular complexity index is 568. The number of pyridine rings is 1. The lowest BCUT2D eigenvalue weighted by atomic mass is 10.2. The summed E-state index contributed by atoms with van der Waals surface area (Å²) < 4.78 is 7.00. The monoisotopic (exact) mass is 280 g/mol. The van der Waals surface area contributed by atoms with Crippen molar-refractivity contribution in [1.29, 1.82) is 0 Å². The first-order chi connectivity index (χ1) is 9.13. The summed E-state index contributed by atoms with van der Waals surface area (Å²) in [4.78, 5) is 4.16. The Kier molecular flexibility index (Phi) is 4.39. The zero-order chi connectivity index (χ0) is 13.8. The third-order valence-electron chi connectivity index (χ3n) is 2.91. The van der Waals surface area contributed by atoms with E-state index in [2.05, 4.69) is 15.4 Å². The highest BCUT2D eigenvalue weighted by Gasteiger charge is 2.10. The average molecular weight is 281 g/mol. The van der Waals surface area contributed by atoms with Crippen molar-refractivity contribution >= 4 is 11.6 Å². The first-order valence-electron chi connectivity index (χ1n) is 6.00. The van der Waals surface area contributed by atoms with E-state index in [1.807, 2.05) is 26.1 Å². The van der Waals surface area contributed by atoms with Crippen molar-refractivity contribution in [3.8, 4) is 5.88 Å². The van der Waals surface area contributed by atoms with Crippen molar-refractivity contribution in [2.24, 2.45) is 7.05 Å². The SMILES string of the molecule is COc1ncccc1CNCc1c(Cl)c(C)nn1C. The lowest BCUT2D eigenvalue weighted by Crippen LogP contribution is -2.16. The van der Waals surface area contributed by atoms with Gasteiger partial charge in [-0.3, -0.25) is 4.68 Å². The maximum Gasteiger partial charge on any atom is 0.217 e. The van der Waals surface area contributed by atoms with Gasteiger partial charge in [0.1, 0.15) is 0 Å². The number of halogens is 1. The third kappa shape index (κ3) is 3.05. The van der Waals surface area contributed by atoms with E-state index >= 15 is 0 Å². The van der Waals surface area contributed by atoms with Gasteiger partial charge < -0.3 is 10.1 Å². The van der Waals surface area contributed by atoms with Crippen molar-refractivity contribution in [3.05, 3.63) is 40.3 Å². The smallest absolute Gasteiger partial charge is 0.217 e. The first kappa shape index (κ1) is 13.8. The van der Waals surface area contributed by atoms with Crippen molar-refractivity contribution in [2.45, 2.75) is 20.0 Å². The summed E-state index contributed by atoms with van der Waals surface area (Å²) in [5.74, 6) is 0.641. The fraction of sp³-hybridized carbons (Fsp3) is 0.385. The molecule has 0 spiro atoms. The number of aryl methyl sites for hydroxylation is 2. The second-order valence-corrected chi connectivity index (χ2v) is 4.62. The molecule has 0 amide bonds. The Morgan fingerprint density at radius 3 is 2.84 bits per heavy atom. The van der Waals surface area contributed by atoms with Gasteiger partial charge in [0, 0.05) is 31.9 Å². The van der Waals surface area contributed by atoms with E-state index in [0.29, 0.717) is 24.0 Å². The summed E-state index contributed by atoms with van der Waals surface area (Å²) in [6, 6.07) is 3.87. The Morgan fingerprint density at radius 2 is 2.21 bits per heavy atom. The van der Waals surface area contributed by atoms with Crippen LogP contribution >= 0.6 is 11.6 Å². The van der Waals surface area contributed by atoms with E-state index in [9.17, 15) is 0 Å². The van der Waals surface area contributed by atoms with Crippen LogP contribution in [0.15, 0.2) is 18.3 Å². The molecule has 0 radical (unpaired) electrons. The molecule has 2 rings (SSSR count). The van der Waals surface area contributed by atoms with Gasteiger partial charge in [0.15, 0.2) is 0 Å². The van der Waals surface area contributed by atoms with Crippen LogP contribution in [0.5, 0.6) is 5.88 Å². The molecule has 0 atom stereocenters. The van der Waals surface area contributed by atoms with E-state index in [4.69, 9.17) is 16.3 Å². The molecule has 0 saturated heterocycles. The third-order valence-corrected chi connectivity index (χ3v) is 3.40. The van der Waals surface area contributed by atoms with Crippen LogP contribution in [0.2, 0.25) is 5.02 Å². The van der Waals surface area contributed by atoms with E-state index < -0.39 is 0 Å². The van der Waals surface area contributed by atoms with Gasteiger partial charge in [0.2, 0.25) is 5.88 Å². The number of aromatic nitrogens is 3. The van der Waals surface area contributed by atoms with Gasteiger partial charge in [0.25, 0.3) is 0 Å². The molecule has 0 fully saturated rings. The van der Waals surface area contributed by atoms with Gasteiger partial charge in [0.05, 0.1) is 23.5 Å². The van der Waals surface area contributed by atoms with Crippen LogP contribution in [0.25, 0.3) is 0 Å². The Hall–Kier alpha value is -1.59. The summed E-state index contributed by atoms with van der Waals surface area (Å²) in [6.45, 7) is 3.21. The zero-order valence-corrected chi connectivity index (χ0v) is 12.0. The number of ether oxygens (including phenoxy) is 1. The zero-order valence-electron chi connectivity index (χ0n) is 11.3. The maximum absolute atomic E-state index is 6.19. The van der Waals surface area contributed by atoms with Crippen LogP contribution in [-0.4, -0.2) is 21.9 Å². The fourth-order valence-electron chi connectivity index (χ4n) is 1.93. The van der Waals surface area contributed by atoms with Crippen LogP contribution in [0, 0.1) is 6.92 Å². The predicted molar refractivity (Wildman–Crippen MR) is 74.3 cm³/mol. The molecule has 2 heterocycles. The van der Waals surface area contributed by atoms with Crippen LogP contribution < -0.4 is 10.1 Å². The highest BCUT2D eigenvalue weighted by Crippen LogP contribution is 2.19. The summed E-state index contributed by atoms with van der Waals surface area (Å²) in [5.41, 5.74) is 2.84. The minimum atomic E-state index is 0.641. The summed E-state index contributed by atoms with van der Waals surface area (Å²) in [6.07, 6.45) is 1.71. The second-order valence-electron chi connectivity index (χ2n) is 4.25. The van der Waals surface area contributed by atoms with Crippen molar-refractivity contribution in [1.82, 2.24) is 20.1 Å². The molecule has 0 bridgehead atoms. The van der Waals surface area contributed by atoms with Gasteiger partial charge in [-0.15, -0.1) is 0 Å². The molecule has 2 aromatic heterocycles. The molecule has 0 aromatic carbocycles. The minimum absolute atomic E-state index is 0.641. The largest absolute Gasteiger partial charge is 0.481 e. The number of nitrogens with one attached hydrogen (secondary N) is 1. The average Bonchev–Trinajstić information content (AvgIpc) is 2.65. The summed E-state index contributed by atoms with van der Waals surface area (Å²) in [7, 11) is 3.51. The quantitative estimate of drug-likeness (QED) is 0.911. The molecule has 1 N–H and O–H groups in total. The lowest BCUT2D eigenvalue weighted by molar-refractivity contribution is 0.390. The molecule has 5 nitrogen and oxygen atoms in total. The molecular formula is C13H17ClN4O. The highest BCUT2D eigenvalue weighted by molar-refractivity contribution is 6.31. The van der Waals surface area contributed by atoms with Crippen LogP contribution in [0.3, 0.4) is 0 Å². The van der Waals surface area contributed by atoms with Crippen molar-refractivity contribution in [3.63, 3.8) is 0 Å². The van der Waals surface area contributed by atoms with Crippen molar-refractivity contribution < 1.29 is 4.74 Å². The number of rotatable bonds is 5. The van der Waals surface area contributed by atoms with Gasteiger partial charge in [-0.2, -0.15) is 5.10 Å². The normalized spacial score (nSPS) is 10.7. The number of nitrogens with zero attached hydrogens (tertiary/aromatic N) is 3. The van der Waals surface area contributed by atoms with E-state index in [1.165, 1.54) is 0 Å². The van der Waals surface area contributed by atoms with Gasteiger partial charge >= 0.3 is 0 Å². The second kappa shape index (κ2) is 6.04. The standard InChI is InChI=1S/C13H17ClN4O/c1-9-12(14)11(18(2)17-9)8-15-7-10-5-4-6-16-13(10)19-3/h4-6,15H,7-8H2,1-3H3. The summed E-state index contributed by atoms with van der Waals surface area (Å²) in [5, 5.41) is 8.32.